The van der Waals surface area contributed by atoms with E-state index in [0.717, 1.165) is 21.8 Å². The number of rotatable bonds is 1. The molecular formula is C18H11N3S. The fourth-order valence-electron chi connectivity index (χ4n) is 2.98. The van der Waals surface area contributed by atoms with Crippen LogP contribution in [0.3, 0.4) is 0 Å². The molecular weight excluding hydrogens is 290 g/mol. The van der Waals surface area contributed by atoms with Crippen molar-refractivity contribution < 1.29 is 0 Å². The van der Waals surface area contributed by atoms with E-state index in [1.165, 1.54) is 20.5 Å². The number of nitrogens with one attached hydrogen (secondary N) is 1. The minimum Gasteiger partial charge on any atom is -0.346 e. The van der Waals surface area contributed by atoms with Crippen molar-refractivity contribution in [3.05, 3.63) is 61.2 Å². The normalized spacial score (nSPS) is 11.6. The Morgan fingerprint density at radius 3 is 2.91 bits per heavy atom. The number of aromatic amines is 1. The number of fused-ring (bicyclic) bond motifs is 4. The molecule has 0 bridgehead atoms. The quantitative estimate of drug-likeness (QED) is 0.474. The van der Waals surface area contributed by atoms with Crippen molar-refractivity contribution in [2.45, 2.75) is 0 Å². The average Bonchev–Trinajstić information content (AvgIpc) is 3.21. The fraction of sp³-hybridized carbons (Fsp3) is 0. The van der Waals surface area contributed by atoms with Crippen LogP contribution in [0.15, 0.2) is 61.2 Å². The van der Waals surface area contributed by atoms with Gasteiger partial charge in [0.05, 0.1) is 11.8 Å². The Morgan fingerprint density at radius 2 is 1.95 bits per heavy atom. The molecule has 5 aromatic rings. The number of benzene rings is 2. The summed E-state index contributed by atoms with van der Waals surface area (Å²) in [6.45, 7) is 0. The molecule has 3 heterocycles. The first kappa shape index (κ1) is 11.9. The van der Waals surface area contributed by atoms with Crippen LogP contribution in [0.1, 0.15) is 0 Å². The molecule has 3 aromatic heterocycles. The molecule has 0 fully saturated rings. The lowest BCUT2D eigenvalue weighted by molar-refractivity contribution is 1.23. The van der Waals surface area contributed by atoms with Crippen LogP contribution in [-0.2, 0) is 0 Å². The summed E-state index contributed by atoms with van der Waals surface area (Å²) in [5.74, 6) is 0. The summed E-state index contributed by atoms with van der Waals surface area (Å²) in [4.78, 5) is 13.3. The lowest BCUT2D eigenvalue weighted by Crippen LogP contribution is -1.84. The van der Waals surface area contributed by atoms with Gasteiger partial charge >= 0.3 is 0 Å². The third kappa shape index (κ3) is 1.61. The molecule has 4 heteroatoms. The van der Waals surface area contributed by atoms with Crippen LogP contribution >= 0.6 is 11.3 Å². The smallest absolute Gasteiger partial charge is 0.0923 e. The number of hydrogen-bond acceptors (Lipinski definition) is 3. The zero-order chi connectivity index (χ0) is 14.5. The monoisotopic (exact) mass is 301 g/mol. The Kier molecular flexibility index (Phi) is 2.37. The maximum absolute atomic E-state index is 4.58. The average molecular weight is 301 g/mol. The second-order valence-corrected chi connectivity index (χ2v) is 6.38. The van der Waals surface area contributed by atoms with Crippen LogP contribution in [0.2, 0.25) is 0 Å². The van der Waals surface area contributed by atoms with Gasteiger partial charge in [-0.05, 0) is 29.7 Å². The summed E-state index contributed by atoms with van der Waals surface area (Å²) < 4.78 is 1.30. The molecule has 3 nitrogen and oxygen atoms in total. The highest BCUT2D eigenvalue weighted by Gasteiger charge is 2.12. The van der Waals surface area contributed by atoms with Crippen LogP contribution in [0.5, 0.6) is 0 Å². The molecule has 0 unspecified atom stereocenters. The second kappa shape index (κ2) is 4.39. The van der Waals surface area contributed by atoms with E-state index < -0.39 is 0 Å². The maximum atomic E-state index is 4.58. The second-order valence-electron chi connectivity index (χ2n) is 5.29. The summed E-state index contributed by atoms with van der Waals surface area (Å²) in [7, 11) is 0. The summed E-state index contributed by atoms with van der Waals surface area (Å²) in [6.07, 6.45) is 5.48. The van der Waals surface area contributed by atoms with Crippen molar-refractivity contribution >= 4 is 43.2 Å². The first-order valence-electron chi connectivity index (χ1n) is 7.09. The molecule has 0 atom stereocenters. The van der Waals surface area contributed by atoms with E-state index in [4.69, 9.17) is 0 Å². The van der Waals surface area contributed by atoms with Gasteiger partial charge in [0.25, 0.3) is 0 Å². The molecule has 104 valence electrons. The molecule has 0 amide bonds. The van der Waals surface area contributed by atoms with Crippen LogP contribution in [0, 0.1) is 0 Å². The van der Waals surface area contributed by atoms with Gasteiger partial charge in [-0.3, -0.25) is 4.98 Å². The first-order valence-corrected chi connectivity index (χ1v) is 7.90. The van der Waals surface area contributed by atoms with Crippen LogP contribution in [-0.4, -0.2) is 15.0 Å². The van der Waals surface area contributed by atoms with Crippen molar-refractivity contribution in [3.8, 4) is 10.4 Å². The lowest BCUT2D eigenvalue weighted by Gasteiger charge is -2.04. The minimum atomic E-state index is 1.04. The highest BCUT2D eigenvalue weighted by molar-refractivity contribution is 7.22. The molecule has 0 saturated carbocycles. The first-order chi connectivity index (χ1) is 10.9. The SMILES string of the molecule is c1ccc2sc(-c3cc4[nH]cncc4c4ccnc34)cc2c1. The zero-order valence-corrected chi connectivity index (χ0v) is 12.4. The Balaban J connectivity index is 1.90. The van der Waals surface area contributed by atoms with Gasteiger partial charge in [-0.25, -0.2) is 4.98 Å². The third-order valence-electron chi connectivity index (χ3n) is 4.01. The predicted octanol–water partition coefficient (Wildman–Crippen LogP) is 4.99. The van der Waals surface area contributed by atoms with Crippen molar-refractivity contribution in [3.63, 3.8) is 0 Å². The van der Waals surface area contributed by atoms with Crippen molar-refractivity contribution in [2.24, 2.45) is 0 Å². The molecule has 0 spiro atoms. The maximum Gasteiger partial charge on any atom is 0.0923 e. The van der Waals surface area contributed by atoms with E-state index in [1.54, 1.807) is 6.33 Å². The molecule has 0 saturated heterocycles. The van der Waals surface area contributed by atoms with Crippen LogP contribution in [0.4, 0.5) is 0 Å². The van der Waals surface area contributed by atoms with Crippen molar-refractivity contribution in [1.82, 2.24) is 15.0 Å². The van der Waals surface area contributed by atoms with E-state index in [0.29, 0.717) is 0 Å². The molecule has 0 aliphatic heterocycles. The van der Waals surface area contributed by atoms with Gasteiger partial charge in [0, 0.05) is 43.8 Å². The van der Waals surface area contributed by atoms with Crippen LogP contribution < -0.4 is 0 Å². The topological polar surface area (TPSA) is 41.6 Å². The molecule has 5 rings (SSSR count). The van der Waals surface area contributed by atoms with Crippen molar-refractivity contribution in [1.29, 1.82) is 0 Å². The summed E-state index contributed by atoms with van der Waals surface area (Å²) in [6, 6.07) is 15.0. The third-order valence-corrected chi connectivity index (χ3v) is 5.16. The molecule has 2 aromatic carbocycles. The Bertz CT molecular complexity index is 1100. The Labute approximate surface area is 130 Å². The number of thiophene rings is 1. The van der Waals surface area contributed by atoms with Gasteiger partial charge < -0.3 is 4.98 Å². The van der Waals surface area contributed by atoms with Gasteiger partial charge in [0.1, 0.15) is 0 Å². The van der Waals surface area contributed by atoms with E-state index in [1.807, 2.05) is 23.7 Å². The van der Waals surface area contributed by atoms with Crippen molar-refractivity contribution in [2.75, 3.05) is 0 Å². The summed E-state index contributed by atoms with van der Waals surface area (Å²) in [5, 5.41) is 3.54. The Morgan fingerprint density at radius 1 is 1.00 bits per heavy atom. The van der Waals surface area contributed by atoms with Gasteiger partial charge in [-0.15, -0.1) is 11.3 Å². The van der Waals surface area contributed by atoms with Gasteiger partial charge in [0.2, 0.25) is 0 Å². The predicted molar refractivity (Wildman–Crippen MR) is 92.2 cm³/mol. The highest BCUT2D eigenvalue weighted by Crippen LogP contribution is 2.38. The van der Waals surface area contributed by atoms with E-state index in [2.05, 4.69) is 57.4 Å². The zero-order valence-electron chi connectivity index (χ0n) is 11.6. The van der Waals surface area contributed by atoms with Gasteiger partial charge in [0.15, 0.2) is 0 Å². The van der Waals surface area contributed by atoms with E-state index in [-0.39, 0.29) is 0 Å². The standard InChI is InChI=1S/C18H11N3S/c1-2-4-16-11(3-1)7-17(22-16)13-8-15-14(9-19-10-21-15)12-5-6-20-18(12)13/h1-10H,(H,19,21). The van der Waals surface area contributed by atoms with E-state index >= 15 is 0 Å². The molecule has 0 radical (unpaired) electrons. The Hall–Kier alpha value is -2.72. The number of aromatic nitrogens is 3. The number of H-pyrrole nitrogens is 1. The van der Waals surface area contributed by atoms with E-state index in [9.17, 15) is 0 Å². The number of hydrogen-bond donors (Lipinski definition) is 1. The van der Waals surface area contributed by atoms with Crippen LogP contribution in [0.25, 0.3) is 42.3 Å². The lowest BCUT2D eigenvalue weighted by atomic mass is 10.1. The summed E-state index contributed by atoms with van der Waals surface area (Å²) in [5.41, 5.74) is 3.31. The van der Waals surface area contributed by atoms with Gasteiger partial charge in [-0.1, -0.05) is 18.2 Å². The highest BCUT2D eigenvalue weighted by atomic mass is 32.1. The molecule has 1 N–H and O–H groups in total. The molecule has 22 heavy (non-hydrogen) atoms. The fourth-order valence-corrected chi connectivity index (χ4v) is 4.06. The molecule has 0 aliphatic carbocycles. The van der Waals surface area contributed by atoms with Gasteiger partial charge in [-0.2, -0.15) is 0 Å². The molecule has 0 aliphatic rings. The summed E-state index contributed by atoms with van der Waals surface area (Å²) >= 11 is 1.81. The minimum absolute atomic E-state index is 1.04. The largest absolute Gasteiger partial charge is 0.346 e. The number of nitrogens with zero attached hydrogens (tertiary/aromatic N) is 2.